The summed E-state index contributed by atoms with van der Waals surface area (Å²) in [4.78, 5) is 11.0. The van der Waals surface area contributed by atoms with Crippen LogP contribution in [-0.4, -0.2) is 32.1 Å². The first-order chi connectivity index (χ1) is 10.1. The third-order valence-electron chi connectivity index (χ3n) is 3.57. The van der Waals surface area contributed by atoms with Crippen molar-refractivity contribution in [3.63, 3.8) is 0 Å². The van der Waals surface area contributed by atoms with Gasteiger partial charge in [-0.05, 0) is 24.1 Å². The molecule has 116 valence electrons. The Hall–Kier alpha value is -0.810. The molecule has 1 saturated heterocycles. The summed E-state index contributed by atoms with van der Waals surface area (Å²) in [7, 11) is 0. The molecular formula is C15H20Cl2N2O2. The highest BCUT2D eigenvalue weighted by molar-refractivity contribution is 6.42. The average molecular weight is 331 g/mol. The van der Waals surface area contributed by atoms with Crippen molar-refractivity contribution in [3.8, 4) is 0 Å². The van der Waals surface area contributed by atoms with Gasteiger partial charge in [-0.25, -0.2) is 0 Å². The summed E-state index contributed by atoms with van der Waals surface area (Å²) < 4.78 is 5.98. The van der Waals surface area contributed by atoms with E-state index in [0.29, 0.717) is 23.2 Å². The Balaban J connectivity index is 2.10. The molecule has 1 aromatic carbocycles. The Kier molecular flexibility index (Phi) is 6.30. The Labute approximate surface area is 135 Å². The van der Waals surface area contributed by atoms with Crippen LogP contribution < -0.4 is 10.6 Å². The number of nitrogens with one attached hydrogen (secondary N) is 2. The molecule has 1 amide bonds. The van der Waals surface area contributed by atoms with Gasteiger partial charge in [0.05, 0.1) is 22.8 Å². The van der Waals surface area contributed by atoms with Crippen LogP contribution in [0.1, 0.15) is 25.0 Å². The molecule has 1 aliphatic heterocycles. The monoisotopic (exact) mass is 330 g/mol. The Morgan fingerprint density at radius 1 is 1.43 bits per heavy atom. The van der Waals surface area contributed by atoms with Crippen LogP contribution in [0.4, 0.5) is 0 Å². The molecule has 1 heterocycles. The molecule has 0 saturated carbocycles. The predicted octanol–water partition coefficient (Wildman–Crippen LogP) is 2.80. The zero-order valence-electron chi connectivity index (χ0n) is 12.0. The zero-order valence-corrected chi connectivity index (χ0v) is 13.5. The largest absolute Gasteiger partial charge is 0.372 e. The highest BCUT2D eigenvalue weighted by Crippen LogP contribution is 2.33. The minimum absolute atomic E-state index is 0.0106. The zero-order chi connectivity index (χ0) is 15.2. The van der Waals surface area contributed by atoms with Crippen LogP contribution in [0, 0.1) is 5.92 Å². The lowest BCUT2D eigenvalue weighted by Crippen LogP contribution is -2.29. The fourth-order valence-electron chi connectivity index (χ4n) is 2.53. The number of amides is 1. The number of halogens is 2. The van der Waals surface area contributed by atoms with E-state index in [0.717, 1.165) is 25.1 Å². The van der Waals surface area contributed by atoms with Gasteiger partial charge < -0.3 is 15.4 Å². The molecule has 6 heteroatoms. The fraction of sp³-hybridized carbons (Fsp3) is 0.533. The highest BCUT2D eigenvalue weighted by atomic mass is 35.5. The summed E-state index contributed by atoms with van der Waals surface area (Å²) in [6.45, 7) is 4.50. The molecular weight excluding hydrogens is 311 g/mol. The van der Waals surface area contributed by atoms with E-state index in [9.17, 15) is 4.79 Å². The first-order valence-electron chi connectivity index (χ1n) is 7.09. The van der Waals surface area contributed by atoms with Gasteiger partial charge in [-0.1, -0.05) is 29.3 Å². The second-order valence-electron chi connectivity index (χ2n) is 5.20. The number of hydrogen-bond donors (Lipinski definition) is 2. The number of hydrogen-bond acceptors (Lipinski definition) is 3. The van der Waals surface area contributed by atoms with Crippen molar-refractivity contribution < 1.29 is 9.53 Å². The Morgan fingerprint density at radius 3 is 2.95 bits per heavy atom. The number of carbonyl (C=O) groups is 1. The van der Waals surface area contributed by atoms with Crippen LogP contribution in [0.3, 0.4) is 0 Å². The van der Waals surface area contributed by atoms with Crippen molar-refractivity contribution in [2.24, 2.45) is 5.92 Å². The summed E-state index contributed by atoms with van der Waals surface area (Å²) >= 11 is 12.1. The van der Waals surface area contributed by atoms with Gasteiger partial charge in [0.15, 0.2) is 0 Å². The summed E-state index contributed by atoms with van der Waals surface area (Å²) in [5, 5.41) is 7.28. The third kappa shape index (κ3) is 4.85. The van der Waals surface area contributed by atoms with E-state index >= 15 is 0 Å². The van der Waals surface area contributed by atoms with Gasteiger partial charge >= 0.3 is 0 Å². The van der Waals surface area contributed by atoms with Crippen LogP contribution in [-0.2, 0) is 9.53 Å². The van der Waals surface area contributed by atoms with E-state index in [2.05, 4.69) is 10.6 Å². The topological polar surface area (TPSA) is 50.4 Å². The molecule has 21 heavy (non-hydrogen) atoms. The van der Waals surface area contributed by atoms with E-state index in [-0.39, 0.29) is 17.9 Å². The molecule has 2 rings (SSSR count). The van der Waals surface area contributed by atoms with Gasteiger partial charge in [-0.15, -0.1) is 0 Å². The van der Waals surface area contributed by atoms with Crippen molar-refractivity contribution in [2.75, 3.05) is 26.2 Å². The molecule has 2 N–H and O–H groups in total. The van der Waals surface area contributed by atoms with E-state index in [1.807, 2.05) is 12.1 Å². The van der Waals surface area contributed by atoms with Gasteiger partial charge in [0, 0.05) is 32.5 Å². The number of benzene rings is 1. The van der Waals surface area contributed by atoms with Crippen LogP contribution in [0.15, 0.2) is 18.2 Å². The maximum Gasteiger partial charge on any atom is 0.216 e. The third-order valence-corrected chi connectivity index (χ3v) is 4.31. The van der Waals surface area contributed by atoms with Crippen molar-refractivity contribution in [3.05, 3.63) is 33.8 Å². The standard InChI is InChI=1S/C15H20Cl2N2O2/c1-10(20)19-5-4-12-9-18-6-7-21-15(12)11-2-3-13(16)14(17)8-11/h2-3,8,12,15,18H,4-7,9H2,1H3,(H,19,20). The Bertz CT molecular complexity index is 497. The van der Waals surface area contributed by atoms with Crippen molar-refractivity contribution in [2.45, 2.75) is 19.4 Å². The molecule has 2 unspecified atom stereocenters. The SMILES string of the molecule is CC(=O)NCCC1CNCCOC1c1ccc(Cl)c(Cl)c1. The lowest BCUT2D eigenvalue weighted by atomic mass is 9.92. The number of ether oxygens (including phenoxy) is 1. The molecule has 1 aliphatic rings. The molecule has 4 nitrogen and oxygen atoms in total. The van der Waals surface area contributed by atoms with Crippen molar-refractivity contribution in [1.82, 2.24) is 10.6 Å². The maximum absolute atomic E-state index is 11.0. The van der Waals surface area contributed by atoms with Gasteiger partial charge in [-0.3, -0.25) is 4.79 Å². The van der Waals surface area contributed by atoms with Gasteiger partial charge in [0.2, 0.25) is 5.91 Å². The molecule has 0 radical (unpaired) electrons. The summed E-state index contributed by atoms with van der Waals surface area (Å²) in [6.07, 6.45) is 0.806. The average Bonchev–Trinajstić information content (AvgIpc) is 2.67. The van der Waals surface area contributed by atoms with Crippen LogP contribution in [0.5, 0.6) is 0 Å². The van der Waals surface area contributed by atoms with E-state index in [4.69, 9.17) is 27.9 Å². The van der Waals surface area contributed by atoms with Crippen molar-refractivity contribution >= 4 is 29.1 Å². The molecule has 0 aliphatic carbocycles. The quantitative estimate of drug-likeness (QED) is 0.892. The minimum Gasteiger partial charge on any atom is -0.372 e. The normalized spacial score (nSPS) is 22.6. The van der Waals surface area contributed by atoms with Crippen molar-refractivity contribution in [1.29, 1.82) is 0 Å². The fourth-order valence-corrected chi connectivity index (χ4v) is 2.84. The Morgan fingerprint density at radius 2 is 2.24 bits per heavy atom. The maximum atomic E-state index is 11.0. The molecule has 1 fully saturated rings. The second-order valence-corrected chi connectivity index (χ2v) is 6.02. The lowest BCUT2D eigenvalue weighted by molar-refractivity contribution is -0.119. The molecule has 1 aromatic rings. The first-order valence-corrected chi connectivity index (χ1v) is 7.85. The predicted molar refractivity (Wildman–Crippen MR) is 84.8 cm³/mol. The van der Waals surface area contributed by atoms with E-state index in [1.165, 1.54) is 6.92 Å². The summed E-state index contributed by atoms with van der Waals surface area (Å²) in [5.41, 5.74) is 1.03. The molecule has 0 spiro atoms. The first kappa shape index (κ1) is 16.6. The molecule has 0 aromatic heterocycles. The van der Waals surface area contributed by atoms with Gasteiger partial charge in [0.25, 0.3) is 0 Å². The second kappa shape index (κ2) is 7.99. The van der Waals surface area contributed by atoms with Gasteiger partial charge in [0.1, 0.15) is 0 Å². The van der Waals surface area contributed by atoms with Crippen LogP contribution >= 0.6 is 23.2 Å². The van der Waals surface area contributed by atoms with Gasteiger partial charge in [-0.2, -0.15) is 0 Å². The van der Waals surface area contributed by atoms with Crippen LogP contribution in [0.25, 0.3) is 0 Å². The summed E-state index contributed by atoms with van der Waals surface area (Å²) in [5.74, 6) is 0.264. The van der Waals surface area contributed by atoms with Crippen LogP contribution in [0.2, 0.25) is 10.0 Å². The van der Waals surface area contributed by atoms with E-state index in [1.54, 1.807) is 6.07 Å². The highest BCUT2D eigenvalue weighted by Gasteiger charge is 2.26. The lowest BCUT2D eigenvalue weighted by Gasteiger charge is -2.25. The smallest absolute Gasteiger partial charge is 0.216 e. The number of carbonyl (C=O) groups excluding carboxylic acids is 1. The van der Waals surface area contributed by atoms with E-state index < -0.39 is 0 Å². The molecule has 0 bridgehead atoms. The summed E-state index contributed by atoms with van der Waals surface area (Å²) in [6, 6.07) is 5.62. The molecule has 2 atom stereocenters. The number of rotatable bonds is 4. The minimum atomic E-state index is -0.0384.